The molecule has 2 rings (SSSR count). The Morgan fingerprint density at radius 3 is 2.86 bits per heavy atom. The van der Waals surface area contributed by atoms with Gasteiger partial charge in [-0.25, -0.2) is 0 Å². The molecule has 1 aliphatic heterocycles. The minimum Gasteiger partial charge on any atom is -0.480 e. The Morgan fingerprint density at radius 1 is 1.43 bits per heavy atom. The number of carbonyl (C=O) groups is 1. The fraction of sp³-hybridized carbons (Fsp3) is 0.462. The highest BCUT2D eigenvalue weighted by Gasteiger charge is 2.36. The molecule has 6 nitrogen and oxygen atoms in total. The Labute approximate surface area is 132 Å². The zero-order valence-corrected chi connectivity index (χ0v) is 13.7. The van der Waals surface area contributed by atoms with Crippen molar-refractivity contribution in [3.63, 3.8) is 0 Å². The van der Waals surface area contributed by atoms with Crippen LogP contribution in [0.2, 0.25) is 0 Å². The topological polar surface area (TPSA) is 86.7 Å². The summed E-state index contributed by atoms with van der Waals surface area (Å²) in [7, 11) is -3.80. The van der Waals surface area contributed by atoms with E-state index in [2.05, 4.69) is 20.7 Å². The number of benzene rings is 1. The van der Waals surface area contributed by atoms with E-state index in [1.165, 1.54) is 0 Å². The third-order valence-electron chi connectivity index (χ3n) is 3.40. The lowest BCUT2D eigenvalue weighted by atomic mass is 10.1. The van der Waals surface area contributed by atoms with E-state index in [-0.39, 0.29) is 13.1 Å². The number of hydrogen-bond acceptors (Lipinski definition) is 3. The summed E-state index contributed by atoms with van der Waals surface area (Å²) in [6.45, 7) is 0.370. The standard InChI is InChI=1S/C13H17BrN2O4S/c14-11-5-3-4-10(8-11)9-15-21(19,20)16-7-2-1-6-12(16)13(17)18/h3-5,8,12,15H,1-2,6-7,9H2,(H,17,18). The van der Waals surface area contributed by atoms with Gasteiger partial charge < -0.3 is 5.11 Å². The molecule has 1 aromatic rings. The van der Waals surface area contributed by atoms with E-state index >= 15 is 0 Å². The lowest BCUT2D eigenvalue weighted by Gasteiger charge is -2.31. The average molecular weight is 377 g/mol. The van der Waals surface area contributed by atoms with Gasteiger partial charge in [0, 0.05) is 17.6 Å². The van der Waals surface area contributed by atoms with E-state index in [9.17, 15) is 13.2 Å². The molecule has 8 heteroatoms. The molecule has 1 atom stereocenters. The van der Waals surface area contributed by atoms with Gasteiger partial charge in [0.1, 0.15) is 6.04 Å². The smallest absolute Gasteiger partial charge is 0.322 e. The molecule has 0 bridgehead atoms. The Kier molecular flexibility index (Phi) is 5.37. The number of piperidine rings is 1. The fourth-order valence-corrected chi connectivity index (χ4v) is 4.21. The predicted octanol–water partition coefficient (Wildman–Crippen LogP) is 1.72. The number of halogens is 1. The van der Waals surface area contributed by atoms with Gasteiger partial charge in [-0.05, 0) is 37.0 Å². The minimum absolute atomic E-state index is 0.130. The maximum absolute atomic E-state index is 12.3. The molecule has 1 aromatic carbocycles. The summed E-state index contributed by atoms with van der Waals surface area (Å²) in [6.07, 6.45) is 1.77. The summed E-state index contributed by atoms with van der Waals surface area (Å²) >= 11 is 3.32. The normalized spacial score (nSPS) is 20.3. The average Bonchev–Trinajstić information content (AvgIpc) is 2.45. The van der Waals surface area contributed by atoms with Crippen molar-refractivity contribution < 1.29 is 18.3 Å². The van der Waals surface area contributed by atoms with Gasteiger partial charge in [-0.2, -0.15) is 17.4 Å². The van der Waals surface area contributed by atoms with E-state index in [1.807, 2.05) is 18.2 Å². The van der Waals surface area contributed by atoms with Gasteiger partial charge in [-0.1, -0.05) is 28.1 Å². The first-order chi connectivity index (χ1) is 9.90. The molecule has 1 fully saturated rings. The molecular formula is C13H17BrN2O4S. The van der Waals surface area contributed by atoms with Gasteiger partial charge in [0.05, 0.1) is 0 Å². The number of aliphatic carboxylic acids is 1. The van der Waals surface area contributed by atoms with Gasteiger partial charge >= 0.3 is 5.97 Å². The molecular weight excluding hydrogens is 360 g/mol. The molecule has 0 aromatic heterocycles. The van der Waals surface area contributed by atoms with Crippen molar-refractivity contribution in [1.82, 2.24) is 9.03 Å². The Hall–Kier alpha value is -0.960. The first kappa shape index (κ1) is 16.4. The lowest BCUT2D eigenvalue weighted by molar-refractivity contribution is -0.142. The summed E-state index contributed by atoms with van der Waals surface area (Å²) < 4.78 is 29.0. The summed E-state index contributed by atoms with van der Waals surface area (Å²) in [6, 6.07) is 6.31. The van der Waals surface area contributed by atoms with Crippen LogP contribution in [0, 0.1) is 0 Å². The molecule has 1 saturated heterocycles. The molecule has 1 heterocycles. The monoisotopic (exact) mass is 376 g/mol. The second-order valence-corrected chi connectivity index (χ2v) is 7.54. The molecule has 0 spiro atoms. The molecule has 0 saturated carbocycles. The van der Waals surface area contributed by atoms with Crippen LogP contribution >= 0.6 is 15.9 Å². The molecule has 0 amide bonds. The van der Waals surface area contributed by atoms with E-state index in [0.717, 1.165) is 20.8 Å². The number of hydrogen-bond donors (Lipinski definition) is 2. The van der Waals surface area contributed by atoms with Crippen molar-refractivity contribution in [2.75, 3.05) is 6.54 Å². The zero-order chi connectivity index (χ0) is 15.5. The van der Waals surface area contributed by atoms with Crippen molar-refractivity contribution in [2.45, 2.75) is 31.8 Å². The molecule has 0 radical (unpaired) electrons. The molecule has 116 valence electrons. The maximum Gasteiger partial charge on any atom is 0.322 e. The summed E-state index contributed by atoms with van der Waals surface area (Å²) in [4.78, 5) is 11.2. The lowest BCUT2D eigenvalue weighted by Crippen LogP contribution is -2.51. The van der Waals surface area contributed by atoms with Crippen LogP contribution in [-0.2, 0) is 21.5 Å². The zero-order valence-electron chi connectivity index (χ0n) is 11.3. The highest BCUT2D eigenvalue weighted by Crippen LogP contribution is 2.20. The Bertz CT molecular complexity index is 620. The quantitative estimate of drug-likeness (QED) is 0.818. The second-order valence-electron chi connectivity index (χ2n) is 4.92. The molecule has 0 aliphatic carbocycles. The number of rotatable bonds is 5. The summed E-state index contributed by atoms with van der Waals surface area (Å²) in [5, 5.41) is 9.15. The first-order valence-electron chi connectivity index (χ1n) is 6.64. The molecule has 1 unspecified atom stereocenters. The largest absolute Gasteiger partial charge is 0.480 e. The van der Waals surface area contributed by atoms with Crippen molar-refractivity contribution in [3.8, 4) is 0 Å². The highest BCUT2D eigenvalue weighted by atomic mass is 79.9. The van der Waals surface area contributed by atoms with Crippen molar-refractivity contribution in [2.24, 2.45) is 0 Å². The number of carboxylic acids is 1. The van der Waals surface area contributed by atoms with E-state index in [1.54, 1.807) is 6.07 Å². The highest BCUT2D eigenvalue weighted by molar-refractivity contribution is 9.10. The Balaban J connectivity index is 2.08. The van der Waals surface area contributed by atoms with Crippen LogP contribution in [0.1, 0.15) is 24.8 Å². The summed E-state index contributed by atoms with van der Waals surface area (Å²) in [5.74, 6) is -1.09. The van der Waals surface area contributed by atoms with Crippen LogP contribution < -0.4 is 4.72 Å². The van der Waals surface area contributed by atoms with Gasteiger partial charge in [0.15, 0.2) is 0 Å². The Morgan fingerprint density at radius 2 is 2.19 bits per heavy atom. The van der Waals surface area contributed by atoms with Crippen LogP contribution in [0.15, 0.2) is 28.7 Å². The van der Waals surface area contributed by atoms with Crippen LogP contribution in [0.5, 0.6) is 0 Å². The van der Waals surface area contributed by atoms with Crippen molar-refractivity contribution in [3.05, 3.63) is 34.3 Å². The van der Waals surface area contributed by atoms with Crippen molar-refractivity contribution in [1.29, 1.82) is 0 Å². The molecule has 2 N–H and O–H groups in total. The molecule has 21 heavy (non-hydrogen) atoms. The van der Waals surface area contributed by atoms with Crippen LogP contribution in [0.3, 0.4) is 0 Å². The fourth-order valence-electron chi connectivity index (χ4n) is 2.34. The van der Waals surface area contributed by atoms with Crippen LogP contribution in [0.4, 0.5) is 0 Å². The van der Waals surface area contributed by atoms with E-state index in [4.69, 9.17) is 5.11 Å². The van der Waals surface area contributed by atoms with Crippen molar-refractivity contribution >= 4 is 32.1 Å². The van der Waals surface area contributed by atoms with Gasteiger partial charge in [0.25, 0.3) is 10.2 Å². The minimum atomic E-state index is -3.80. The predicted molar refractivity (Wildman–Crippen MR) is 81.9 cm³/mol. The van der Waals surface area contributed by atoms with Gasteiger partial charge in [-0.3, -0.25) is 4.79 Å². The first-order valence-corrected chi connectivity index (χ1v) is 8.87. The number of carboxylic acid groups (broad SMARTS) is 1. The third-order valence-corrected chi connectivity index (χ3v) is 5.45. The van der Waals surface area contributed by atoms with Gasteiger partial charge in [-0.15, -0.1) is 0 Å². The molecule has 1 aliphatic rings. The third kappa shape index (κ3) is 4.26. The van der Waals surface area contributed by atoms with E-state index in [0.29, 0.717) is 12.8 Å². The number of nitrogens with one attached hydrogen (secondary N) is 1. The SMILES string of the molecule is O=C(O)C1CCCCN1S(=O)(=O)NCc1cccc(Br)c1. The number of nitrogens with zero attached hydrogens (tertiary/aromatic N) is 1. The maximum atomic E-state index is 12.3. The van der Waals surface area contributed by atoms with Gasteiger partial charge in [0.2, 0.25) is 0 Å². The second kappa shape index (κ2) is 6.87. The van der Waals surface area contributed by atoms with E-state index < -0.39 is 22.2 Å². The van der Waals surface area contributed by atoms with Crippen LogP contribution in [0.25, 0.3) is 0 Å². The summed E-state index contributed by atoms with van der Waals surface area (Å²) in [5.41, 5.74) is 0.803. The van der Waals surface area contributed by atoms with Crippen LogP contribution in [-0.4, -0.2) is 36.4 Å².